The van der Waals surface area contributed by atoms with Gasteiger partial charge in [-0.3, -0.25) is 4.99 Å². The fraction of sp³-hybridized carbons (Fsp3) is 0.500. The summed E-state index contributed by atoms with van der Waals surface area (Å²) >= 11 is 0. The van der Waals surface area contributed by atoms with Crippen molar-refractivity contribution >= 4 is 5.71 Å². The molecule has 1 aliphatic heterocycles. The number of hydrogen-bond acceptors (Lipinski definition) is 1. The summed E-state index contributed by atoms with van der Waals surface area (Å²) in [7, 11) is 0. The second-order valence-corrected chi connectivity index (χ2v) is 2.01. The number of halogens is 1. The lowest BCUT2D eigenvalue weighted by atomic mass is 10.1. The molecule has 0 aromatic heterocycles. The molecule has 44 valence electrons. The van der Waals surface area contributed by atoms with Crippen LogP contribution in [0.4, 0.5) is 4.39 Å². The molecule has 1 atom stereocenters. The highest BCUT2D eigenvalue weighted by molar-refractivity contribution is 5.88. The Morgan fingerprint density at radius 3 is 2.50 bits per heavy atom. The van der Waals surface area contributed by atoms with Crippen LogP contribution >= 0.6 is 0 Å². The van der Waals surface area contributed by atoms with Crippen molar-refractivity contribution in [3.8, 4) is 0 Å². The Hall–Kier alpha value is -0.660. The van der Waals surface area contributed by atoms with E-state index in [0.717, 1.165) is 5.71 Å². The van der Waals surface area contributed by atoms with Crippen LogP contribution in [0.3, 0.4) is 0 Å². The molecule has 0 saturated heterocycles. The van der Waals surface area contributed by atoms with Crippen LogP contribution < -0.4 is 0 Å². The van der Waals surface area contributed by atoms with Crippen molar-refractivity contribution < 1.29 is 4.39 Å². The van der Waals surface area contributed by atoms with E-state index in [-0.39, 0.29) is 11.7 Å². The monoisotopic (exact) mass is 113 g/mol. The molecule has 0 spiro atoms. The molecule has 0 unspecified atom stereocenters. The minimum Gasteiger partial charge on any atom is -0.263 e. The van der Waals surface area contributed by atoms with Gasteiger partial charge in [-0.05, 0) is 6.92 Å². The van der Waals surface area contributed by atoms with Crippen LogP contribution in [-0.4, -0.2) is 5.71 Å². The highest BCUT2D eigenvalue weighted by Crippen LogP contribution is 2.19. The predicted molar refractivity (Wildman–Crippen MR) is 31.5 cm³/mol. The van der Waals surface area contributed by atoms with Crippen molar-refractivity contribution in [2.45, 2.75) is 13.8 Å². The lowest BCUT2D eigenvalue weighted by Crippen LogP contribution is -2.01. The minimum atomic E-state index is -0.123. The lowest BCUT2D eigenvalue weighted by molar-refractivity contribution is 0.569. The maximum atomic E-state index is 12.3. The third kappa shape index (κ3) is 0.661. The van der Waals surface area contributed by atoms with Crippen LogP contribution in [0.5, 0.6) is 0 Å². The summed E-state index contributed by atoms with van der Waals surface area (Å²) in [5.41, 5.74) is 0.863. The van der Waals surface area contributed by atoms with Gasteiger partial charge >= 0.3 is 0 Å². The van der Waals surface area contributed by atoms with Crippen LogP contribution in [0.2, 0.25) is 0 Å². The summed E-state index contributed by atoms with van der Waals surface area (Å²) in [6.07, 6.45) is 1.28. The Balaban J connectivity index is 2.75. The molecule has 2 heteroatoms. The van der Waals surface area contributed by atoms with Gasteiger partial charge in [0.15, 0.2) is 0 Å². The first-order valence-corrected chi connectivity index (χ1v) is 2.61. The van der Waals surface area contributed by atoms with E-state index in [0.29, 0.717) is 0 Å². The van der Waals surface area contributed by atoms with Gasteiger partial charge in [0.05, 0.1) is 6.20 Å². The van der Waals surface area contributed by atoms with Crippen LogP contribution in [0.25, 0.3) is 0 Å². The smallest absolute Gasteiger partial charge is 0.126 e. The third-order valence-electron chi connectivity index (χ3n) is 1.43. The number of nitrogens with zero attached hydrogens (tertiary/aromatic N) is 1. The highest BCUT2D eigenvalue weighted by Gasteiger charge is 2.15. The first-order chi connectivity index (χ1) is 3.72. The zero-order chi connectivity index (χ0) is 6.15. The maximum Gasteiger partial charge on any atom is 0.126 e. The van der Waals surface area contributed by atoms with Gasteiger partial charge in [0, 0.05) is 11.6 Å². The van der Waals surface area contributed by atoms with Crippen molar-refractivity contribution in [1.82, 2.24) is 0 Å². The third-order valence-corrected chi connectivity index (χ3v) is 1.43. The van der Waals surface area contributed by atoms with Crippen LogP contribution in [0.1, 0.15) is 13.8 Å². The molecule has 0 radical (unpaired) electrons. The number of hydrogen-bond donors (Lipinski definition) is 0. The summed E-state index contributed by atoms with van der Waals surface area (Å²) in [4.78, 5) is 3.78. The predicted octanol–water partition coefficient (Wildman–Crippen LogP) is 1.91. The summed E-state index contributed by atoms with van der Waals surface area (Å²) in [6.45, 7) is 3.63. The van der Waals surface area contributed by atoms with Gasteiger partial charge in [-0.2, -0.15) is 0 Å². The number of rotatable bonds is 0. The van der Waals surface area contributed by atoms with Gasteiger partial charge < -0.3 is 0 Å². The normalized spacial score (nSPS) is 27.6. The van der Waals surface area contributed by atoms with Gasteiger partial charge in [-0.15, -0.1) is 0 Å². The van der Waals surface area contributed by atoms with Gasteiger partial charge in [0.2, 0.25) is 0 Å². The standard InChI is InChI=1S/C6H8FN/c1-4-5(2)8-3-6(4)7/h3-4H,1-2H3/t4-/m1/s1. The first kappa shape index (κ1) is 5.48. The summed E-state index contributed by atoms with van der Waals surface area (Å²) in [5, 5.41) is 0. The molecule has 0 amide bonds. The number of allylic oxidation sites excluding steroid dienone is 1. The molecule has 0 N–H and O–H groups in total. The van der Waals surface area contributed by atoms with Crippen molar-refractivity contribution in [2.75, 3.05) is 0 Å². The average molecular weight is 113 g/mol. The van der Waals surface area contributed by atoms with Crippen LogP contribution in [-0.2, 0) is 0 Å². The molecule has 0 fully saturated rings. The molecule has 1 rings (SSSR count). The molecule has 0 saturated carbocycles. The largest absolute Gasteiger partial charge is 0.263 e. The Morgan fingerprint density at radius 1 is 1.75 bits per heavy atom. The average Bonchev–Trinajstić information content (AvgIpc) is 1.98. The Morgan fingerprint density at radius 2 is 2.38 bits per heavy atom. The molecular weight excluding hydrogens is 105 g/mol. The second kappa shape index (κ2) is 1.69. The van der Waals surface area contributed by atoms with E-state index in [9.17, 15) is 4.39 Å². The maximum absolute atomic E-state index is 12.3. The quantitative estimate of drug-likeness (QED) is 0.455. The van der Waals surface area contributed by atoms with Gasteiger partial charge in [0.1, 0.15) is 5.83 Å². The summed E-state index contributed by atoms with van der Waals surface area (Å²) < 4.78 is 12.3. The zero-order valence-corrected chi connectivity index (χ0v) is 4.98. The molecule has 1 heterocycles. The van der Waals surface area contributed by atoms with E-state index < -0.39 is 0 Å². The SMILES string of the molecule is CC1=NC=C(F)[C@@H]1C. The second-order valence-electron chi connectivity index (χ2n) is 2.01. The first-order valence-electron chi connectivity index (χ1n) is 2.61. The van der Waals surface area contributed by atoms with E-state index in [1.54, 1.807) is 6.92 Å². The molecular formula is C6H8FN. The van der Waals surface area contributed by atoms with Gasteiger partial charge in [0.25, 0.3) is 0 Å². The Kier molecular flexibility index (Phi) is 1.16. The summed E-state index contributed by atoms with van der Waals surface area (Å²) in [5.74, 6) is -0.197. The fourth-order valence-corrected chi connectivity index (χ4v) is 0.587. The van der Waals surface area contributed by atoms with Crippen molar-refractivity contribution in [2.24, 2.45) is 10.9 Å². The lowest BCUT2D eigenvalue weighted by Gasteiger charge is -1.97. The zero-order valence-electron chi connectivity index (χ0n) is 4.98. The highest BCUT2D eigenvalue weighted by atomic mass is 19.1. The van der Waals surface area contributed by atoms with Crippen molar-refractivity contribution in [3.63, 3.8) is 0 Å². The molecule has 0 aliphatic carbocycles. The molecule has 1 nitrogen and oxygen atoms in total. The van der Waals surface area contributed by atoms with E-state index in [1.807, 2.05) is 6.92 Å². The fourth-order valence-electron chi connectivity index (χ4n) is 0.587. The van der Waals surface area contributed by atoms with Gasteiger partial charge in [-0.1, -0.05) is 6.92 Å². The summed E-state index contributed by atoms with van der Waals surface area (Å²) in [6, 6.07) is 0. The van der Waals surface area contributed by atoms with Gasteiger partial charge in [-0.25, -0.2) is 4.39 Å². The van der Waals surface area contributed by atoms with Crippen molar-refractivity contribution in [3.05, 3.63) is 12.0 Å². The molecule has 0 aromatic carbocycles. The van der Waals surface area contributed by atoms with E-state index >= 15 is 0 Å². The molecule has 8 heavy (non-hydrogen) atoms. The van der Waals surface area contributed by atoms with Crippen LogP contribution in [0, 0.1) is 5.92 Å². The molecule has 0 aromatic rings. The minimum absolute atomic E-state index is 0.0741. The molecule has 0 bridgehead atoms. The van der Waals surface area contributed by atoms with Crippen molar-refractivity contribution in [1.29, 1.82) is 0 Å². The Bertz CT molecular complexity index is 140. The Labute approximate surface area is 47.9 Å². The van der Waals surface area contributed by atoms with E-state index in [4.69, 9.17) is 0 Å². The van der Waals surface area contributed by atoms with E-state index in [1.165, 1.54) is 6.20 Å². The van der Waals surface area contributed by atoms with E-state index in [2.05, 4.69) is 4.99 Å². The van der Waals surface area contributed by atoms with Crippen LogP contribution in [0.15, 0.2) is 17.0 Å². The molecule has 1 aliphatic rings. The topological polar surface area (TPSA) is 12.4 Å². The number of aliphatic imine (C=N–C) groups is 1.